The summed E-state index contributed by atoms with van der Waals surface area (Å²) in [7, 11) is 0. The van der Waals surface area contributed by atoms with Gasteiger partial charge in [-0.25, -0.2) is 0 Å². The van der Waals surface area contributed by atoms with E-state index in [4.69, 9.17) is 0 Å². The van der Waals surface area contributed by atoms with Gasteiger partial charge in [-0.2, -0.15) is 0 Å². The van der Waals surface area contributed by atoms with E-state index in [0.29, 0.717) is 17.8 Å². The summed E-state index contributed by atoms with van der Waals surface area (Å²) in [6.07, 6.45) is 0.153. The van der Waals surface area contributed by atoms with Crippen molar-refractivity contribution in [2.45, 2.75) is 26.8 Å². The Hall–Kier alpha value is -3.22. The van der Waals surface area contributed by atoms with E-state index in [1.54, 1.807) is 24.3 Å². The fourth-order valence-electron chi connectivity index (χ4n) is 2.18. The average Bonchev–Trinajstić information content (AvgIpc) is 2.61. The SMILES string of the molecule is CC(C)C(=O)Nc1ccc(CNC(=O)Cc2ccc([N+](=O)[O-])cc2)cc1. The van der Waals surface area contributed by atoms with Gasteiger partial charge in [-0.3, -0.25) is 19.7 Å². The Morgan fingerprint density at radius 1 is 1.00 bits per heavy atom. The minimum Gasteiger partial charge on any atom is -0.352 e. The standard InChI is InChI=1S/C19H21N3O4/c1-13(2)19(24)21-16-7-3-15(4-8-16)12-20-18(23)11-14-5-9-17(10-6-14)22(25)26/h3-10,13H,11-12H2,1-2H3,(H,20,23)(H,21,24). The Kier molecular flexibility index (Phi) is 6.43. The summed E-state index contributed by atoms with van der Waals surface area (Å²) in [6.45, 7) is 4.01. The first-order valence-electron chi connectivity index (χ1n) is 8.25. The summed E-state index contributed by atoms with van der Waals surface area (Å²) in [6, 6.07) is 13.2. The third kappa shape index (κ3) is 5.70. The van der Waals surface area contributed by atoms with Crippen molar-refractivity contribution in [1.29, 1.82) is 0 Å². The van der Waals surface area contributed by atoms with Gasteiger partial charge >= 0.3 is 0 Å². The number of carbonyl (C=O) groups excluding carboxylic acids is 2. The maximum absolute atomic E-state index is 12.0. The zero-order chi connectivity index (χ0) is 19.1. The van der Waals surface area contributed by atoms with Gasteiger partial charge in [0.2, 0.25) is 11.8 Å². The molecule has 0 saturated carbocycles. The molecule has 0 aliphatic heterocycles. The molecular weight excluding hydrogens is 334 g/mol. The first-order chi connectivity index (χ1) is 12.3. The second-order valence-corrected chi connectivity index (χ2v) is 6.22. The summed E-state index contributed by atoms with van der Waals surface area (Å²) >= 11 is 0. The maximum atomic E-state index is 12.0. The van der Waals surface area contributed by atoms with Crippen LogP contribution in [-0.4, -0.2) is 16.7 Å². The molecule has 0 heterocycles. The molecule has 0 unspecified atom stereocenters. The third-order valence-electron chi connectivity index (χ3n) is 3.75. The highest BCUT2D eigenvalue weighted by Crippen LogP contribution is 2.13. The second-order valence-electron chi connectivity index (χ2n) is 6.22. The Balaban J connectivity index is 1.83. The number of anilines is 1. The monoisotopic (exact) mass is 355 g/mol. The molecule has 2 rings (SSSR count). The van der Waals surface area contributed by atoms with Crippen LogP contribution in [0.5, 0.6) is 0 Å². The van der Waals surface area contributed by atoms with Crippen molar-refractivity contribution in [3.8, 4) is 0 Å². The molecule has 2 aromatic carbocycles. The molecule has 0 radical (unpaired) electrons. The molecule has 0 fully saturated rings. The molecule has 0 spiro atoms. The van der Waals surface area contributed by atoms with E-state index in [1.807, 2.05) is 26.0 Å². The zero-order valence-corrected chi connectivity index (χ0v) is 14.7. The Bertz CT molecular complexity index is 783. The molecule has 0 aromatic heterocycles. The molecule has 0 bridgehead atoms. The average molecular weight is 355 g/mol. The normalized spacial score (nSPS) is 10.4. The lowest BCUT2D eigenvalue weighted by Gasteiger charge is -2.09. The number of nitro groups is 1. The van der Waals surface area contributed by atoms with Crippen molar-refractivity contribution in [3.05, 3.63) is 69.8 Å². The van der Waals surface area contributed by atoms with Gasteiger partial charge in [0, 0.05) is 30.3 Å². The highest BCUT2D eigenvalue weighted by atomic mass is 16.6. The van der Waals surface area contributed by atoms with E-state index in [-0.39, 0.29) is 29.8 Å². The molecule has 136 valence electrons. The molecule has 0 atom stereocenters. The number of amides is 2. The predicted octanol–water partition coefficient (Wildman–Crippen LogP) is 3.05. The van der Waals surface area contributed by atoms with Crippen molar-refractivity contribution < 1.29 is 14.5 Å². The van der Waals surface area contributed by atoms with Crippen LogP contribution in [-0.2, 0) is 22.6 Å². The van der Waals surface area contributed by atoms with Crippen molar-refractivity contribution in [1.82, 2.24) is 5.32 Å². The third-order valence-corrected chi connectivity index (χ3v) is 3.75. The molecule has 7 heteroatoms. The smallest absolute Gasteiger partial charge is 0.269 e. The molecule has 26 heavy (non-hydrogen) atoms. The van der Waals surface area contributed by atoms with E-state index < -0.39 is 4.92 Å². The number of hydrogen-bond acceptors (Lipinski definition) is 4. The molecule has 7 nitrogen and oxygen atoms in total. The number of nitro benzene ring substituents is 1. The van der Waals surface area contributed by atoms with Gasteiger partial charge in [-0.15, -0.1) is 0 Å². The van der Waals surface area contributed by atoms with Crippen LogP contribution in [0.15, 0.2) is 48.5 Å². The summed E-state index contributed by atoms with van der Waals surface area (Å²) in [5.74, 6) is -0.307. The molecular formula is C19H21N3O4. The molecule has 0 aliphatic rings. The van der Waals surface area contributed by atoms with Crippen molar-refractivity contribution in [3.63, 3.8) is 0 Å². The van der Waals surface area contributed by atoms with Crippen molar-refractivity contribution >= 4 is 23.2 Å². The van der Waals surface area contributed by atoms with Gasteiger partial charge < -0.3 is 10.6 Å². The Labute approximate surface area is 151 Å². The summed E-state index contributed by atoms with van der Waals surface area (Å²) in [4.78, 5) is 33.8. The minimum atomic E-state index is -0.475. The van der Waals surface area contributed by atoms with Gasteiger partial charge in [0.25, 0.3) is 5.69 Å². The quantitative estimate of drug-likeness (QED) is 0.589. The summed E-state index contributed by atoms with van der Waals surface area (Å²) in [5, 5.41) is 16.2. The molecule has 0 saturated heterocycles. The van der Waals surface area contributed by atoms with Crippen LogP contribution in [0, 0.1) is 16.0 Å². The van der Waals surface area contributed by atoms with Crippen LogP contribution in [0.1, 0.15) is 25.0 Å². The number of rotatable bonds is 7. The van der Waals surface area contributed by atoms with Gasteiger partial charge in [0.1, 0.15) is 0 Å². The van der Waals surface area contributed by atoms with Crippen LogP contribution >= 0.6 is 0 Å². The summed E-state index contributed by atoms with van der Waals surface area (Å²) < 4.78 is 0. The van der Waals surface area contributed by atoms with Crippen LogP contribution in [0.2, 0.25) is 0 Å². The number of benzene rings is 2. The Morgan fingerprint density at radius 3 is 2.12 bits per heavy atom. The van der Waals surface area contributed by atoms with Crippen LogP contribution in [0.25, 0.3) is 0 Å². The fraction of sp³-hybridized carbons (Fsp3) is 0.263. The molecule has 2 amide bonds. The summed E-state index contributed by atoms with van der Waals surface area (Å²) in [5.41, 5.74) is 2.33. The number of hydrogen-bond donors (Lipinski definition) is 2. The van der Waals surface area contributed by atoms with Crippen LogP contribution in [0.3, 0.4) is 0 Å². The highest BCUT2D eigenvalue weighted by Gasteiger charge is 2.08. The molecule has 2 N–H and O–H groups in total. The number of nitrogens with zero attached hydrogens (tertiary/aromatic N) is 1. The van der Waals surface area contributed by atoms with Crippen molar-refractivity contribution in [2.24, 2.45) is 5.92 Å². The van der Waals surface area contributed by atoms with Gasteiger partial charge in [0.05, 0.1) is 11.3 Å². The van der Waals surface area contributed by atoms with Gasteiger partial charge in [0.15, 0.2) is 0 Å². The van der Waals surface area contributed by atoms with Crippen LogP contribution in [0.4, 0.5) is 11.4 Å². The number of nitrogens with one attached hydrogen (secondary N) is 2. The van der Waals surface area contributed by atoms with Gasteiger partial charge in [-0.1, -0.05) is 38.1 Å². The lowest BCUT2D eigenvalue weighted by molar-refractivity contribution is -0.384. The zero-order valence-electron chi connectivity index (χ0n) is 14.7. The lowest BCUT2D eigenvalue weighted by Crippen LogP contribution is -2.24. The minimum absolute atomic E-state index is 0.00111. The first-order valence-corrected chi connectivity index (χ1v) is 8.25. The second kappa shape index (κ2) is 8.75. The number of carbonyl (C=O) groups is 2. The lowest BCUT2D eigenvalue weighted by atomic mass is 10.1. The Morgan fingerprint density at radius 2 is 1.58 bits per heavy atom. The van der Waals surface area contributed by atoms with Crippen LogP contribution < -0.4 is 10.6 Å². The fourth-order valence-corrected chi connectivity index (χ4v) is 2.18. The van der Waals surface area contributed by atoms with E-state index >= 15 is 0 Å². The topological polar surface area (TPSA) is 101 Å². The predicted molar refractivity (Wildman–Crippen MR) is 98.6 cm³/mol. The van der Waals surface area contributed by atoms with E-state index in [9.17, 15) is 19.7 Å². The highest BCUT2D eigenvalue weighted by molar-refractivity contribution is 5.92. The molecule has 2 aromatic rings. The maximum Gasteiger partial charge on any atom is 0.269 e. The van der Waals surface area contributed by atoms with E-state index in [0.717, 1.165) is 5.56 Å². The first kappa shape index (κ1) is 19.1. The largest absolute Gasteiger partial charge is 0.352 e. The van der Waals surface area contributed by atoms with E-state index in [1.165, 1.54) is 12.1 Å². The van der Waals surface area contributed by atoms with Gasteiger partial charge in [-0.05, 0) is 23.3 Å². The van der Waals surface area contributed by atoms with E-state index in [2.05, 4.69) is 10.6 Å². The molecule has 0 aliphatic carbocycles. The number of non-ortho nitro benzene ring substituents is 1. The van der Waals surface area contributed by atoms with Crippen molar-refractivity contribution in [2.75, 3.05) is 5.32 Å².